The van der Waals surface area contributed by atoms with Crippen LogP contribution in [-0.2, 0) is 20.7 Å². The van der Waals surface area contributed by atoms with Crippen molar-refractivity contribution in [2.75, 3.05) is 13.2 Å². The summed E-state index contributed by atoms with van der Waals surface area (Å²) in [7, 11) is 0. The summed E-state index contributed by atoms with van der Waals surface area (Å²) in [5.74, 6) is -1.29. The number of esters is 1. The van der Waals surface area contributed by atoms with Crippen LogP contribution in [0, 0.1) is 0 Å². The van der Waals surface area contributed by atoms with E-state index in [-0.39, 0.29) is 12.2 Å². The van der Waals surface area contributed by atoms with Gasteiger partial charge in [-0.3, -0.25) is 4.79 Å². The van der Waals surface area contributed by atoms with Crippen LogP contribution >= 0.6 is 0 Å². The van der Waals surface area contributed by atoms with E-state index >= 15 is 0 Å². The minimum absolute atomic E-state index is 0.147. The van der Waals surface area contributed by atoms with Crippen LogP contribution in [-0.4, -0.2) is 37.8 Å². The second kappa shape index (κ2) is 7.83. The van der Waals surface area contributed by atoms with E-state index in [1.807, 2.05) is 0 Å². The van der Waals surface area contributed by atoms with Gasteiger partial charge in [0.05, 0.1) is 0 Å². The smallest absolute Gasteiger partial charge is 0.411 e. The predicted octanol–water partition coefficient (Wildman–Crippen LogP) is 4.13. The summed E-state index contributed by atoms with van der Waals surface area (Å²) in [6.07, 6.45) is -10.5. The molecule has 1 aliphatic carbocycles. The molecule has 0 bridgehead atoms. The average molecular weight is 386 g/mol. The van der Waals surface area contributed by atoms with Crippen LogP contribution in [0.25, 0.3) is 0 Å². The Labute approximate surface area is 145 Å². The fourth-order valence-corrected chi connectivity index (χ4v) is 2.76. The quantitative estimate of drug-likeness (QED) is 0.319. The Bertz CT molecular complexity index is 623. The van der Waals surface area contributed by atoms with Gasteiger partial charge in [-0.1, -0.05) is 6.07 Å². The SMILES string of the molecule is CC(=O)Oc1ccc2c(c1)[C@H](C(OCC(F)(F)F)OCC(F)(F)F)CC2. The third-order valence-electron chi connectivity index (χ3n) is 3.65. The highest BCUT2D eigenvalue weighted by atomic mass is 19.4. The first-order valence-electron chi connectivity index (χ1n) is 7.62. The lowest BCUT2D eigenvalue weighted by molar-refractivity contribution is -0.264. The summed E-state index contributed by atoms with van der Waals surface area (Å²) in [5, 5.41) is 0. The van der Waals surface area contributed by atoms with Gasteiger partial charge in [-0.05, 0) is 36.1 Å². The van der Waals surface area contributed by atoms with Crippen molar-refractivity contribution in [3.05, 3.63) is 29.3 Å². The number of aryl methyl sites for hydroxylation is 1. The van der Waals surface area contributed by atoms with E-state index < -0.39 is 43.7 Å². The van der Waals surface area contributed by atoms with Gasteiger partial charge in [0.1, 0.15) is 19.0 Å². The van der Waals surface area contributed by atoms with Gasteiger partial charge >= 0.3 is 18.3 Å². The van der Waals surface area contributed by atoms with Crippen molar-refractivity contribution in [2.24, 2.45) is 0 Å². The predicted molar refractivity (Wildman–Crippen MR) is 76.6 cm³/mol. The molecule has 0 saturated heterocycles. The minimum Gasteiger partial charge on any atom is -0.427 e. The molecular formula is C16H16F6O4. The van der Waals surface area contributed by atoms with Gasteiger partial charge in [-0.25, -0.2) is 0 Å². The van der Waals surface area contributed by atoms with E-state index in [0.29, 0.717) is 12.0 Å². The first-order valence-corrected chi connectivity index (χ1v) is 7.62. The van der Waals surface area contributed by atoms with E-state index in [1.165, 1.54) is 19.1 Å². The molecule has 0 aromatic heterocycles. The number of carbonyl (C=O) groups excluding carboxylic acids is 1. The molecule has 4 nitrogen and oxygen atoms in total. The van der Waals surface area contributed by atoms with E-state index in [4.69, 9.17) is 4.74 Å². The Balaban J connectivity index is 2.21. The number of carbonyl (C=O) groups is 1. The minimum atomic E-state index is -4.71. The van der Waals surface area contributed by atoms with Crippen molar-refractivity contribution in [2.45, 2.75) is 44.3 Å². The summed E-state index contributed by atoms with van der Waals surface area (Å²) >= 11 is 0. The molecule has 10 heteroatoms. The zero-order valence-electron chi connectivity index (χ0n) is 13.6. The third kappa shape index (κ3) is 6.17. The van der Waals surface area contributed by atoms with E-state index in [1.54, 1.807) is 6.07 Å². The Morgan fingerprint density at radius 3 is 2.19 bits per heavy atom. The number of hydrogen-bond acceptors (Lipinski definition) is 4. The van der Waals surface area contributed by atoms with Gasteiger partial charge in [-0.15, -0.1) is 0 Å². The zero-order chi connectivity index (χ0) is 19.5. The maximum Gasteiger partial charge on any atom is 0.411 e. The van der Waals surface area contributed by atoms with Crippen molar-refractivity contribution in [3.63, 3.8) is 0 Å². The molecule has 0 N–H and O–H groups in total. The molecule has 146 valence electrons. The Hall–Kier alpha value is -1.81. The molecule has 2 rings (SSSR count). The van der Waals surface area contributed by atoms with Crippen molar-refractivity contribution in [1.82, 2.24) is 0 Å². The summed E-state index contributed by atoms with van der Waals surface area (Å²) in [5.41, 5.74) is 1.17. The van der Waals surface area contributed by atoms with Crippen LogP contribution in [0.2, 0.25) is 0 Å². The fourth-order valence-electron chi connectivity index (χ4n) is 2.76. The molecule has 1 atom stereocenters. The highest BCUT2D eigenvalue weighted by Gasteiger charge is 2.38. The van der Waals surface area contributed by atoms with Gasteiger partial charge in [-0.2, -0.15) is 26.3 Å². The van der Waals surface area contributed by atoms with Crippen LogP contribution in [0.5, 0.6) is 5.75 Å². The van der Waals surface area contributed by atoms with E-state index in [0.717, 1.165) is 5.56 Å². The highest BCUT2D eigenvalue weighted by molar-refractivity contribution is 5.69. The number of benzene rings is 1. The summed E-state index contributed by atoms with van der Waals surface area (Å²) < 4.78 is 88.7. The fraction of sp³-hybridized carbons (Fsp3) is 0.562. The molecule has 0 unspecified atom stereocenters. The van der Waals surface area contributed by atoms with E-state index in [9.17, 15) is 31.1 Å². The molecular weight excluding hydrogens is 370 g/mol. The number of halogens is 6. The lowest BCUT2D eigenvalue weighted by Gasteiger charge is -2.26. The Morgan fingerprint density at radius 1 is 1.12 bits per heavy atom. The van der Waals surface area contributed by atoms with Gasteiger partial charge in [0.25, 0.3) is 0 Å². The first-order chi connectivity index (χ1) is 11.9. The summed E-state index contributed by atoms with van der Waals surface area (Å²) in [6.45, 7) is -2.29. The molecule has 1 aliphatic rings. The molecule has 0 spiro atoms. The number of hydrogen-bond donors (Lipinski definition) is 0. The third-order valence-corrected chi connectivity index (χ3v) is 3.65. The molecule has 0 aliphatic heterocycles. The Morgan fingerprint density at radius 2 is 1.69 bits per heavy atom. The molecule has 26 heavy (non-hydrogen) atoms. The molecule has 0 radical (unpaired) electrons. The number of fused-ring (bicyclic) bond motifs is 1. The molecule has 0 saturated carbocycles. The molecule has 1 aromatic carbocycles. The maximum absolute atomic E-state index is 12.4. The summed E-state index contributed by atoms with van der Waals surface area (Å²) in [4.78, 5) is 11.0. The molecule has 0 amide bonds. The normalized spacial score (nSPS) is 17.5. The van der Waals surface area contributed by atoms with Crippen LogP contribution in [0.4, 0.5) is 26.3 Å². The first kappa shape index (κ1) is 20.5. The molecule has 0 heterocycles. The van der Waals surface area contributed by atoms with Gasteiger partial charge in [0.15, 0.2) is 6.29 Å². The highest BCUT2D eigenvalue weighted by Crippen LogP contribution is 2.40. The maximum atomic E-state index is 12.4. The topological polar surface area (TPSA) is 44.8 Å². The van der Waals surface area contributed by atoms with Crippen molar-refractivity contribution >= 4 is 5.97 Å². The van der Waals surface area contributed by atoms with Crippen LogP contribution < -0.4 is 4.74 Å². The van der Waals surface area contributed by atoms with Crippen LogP contribution in [0.15, 0.2) is 18.2 Å². The monoisotopic (exact) mass is 386 g/mol. The standard InChI is InChI=1S/C16H16F6O4/c1-9(23)26-11-4-2-10-3-5-12(13(10)6-11)14(24-7-15(17,18)19)25-8-16(20,21)22/h2,4,6,12,14H,3,5,7-8H2,1H3/t12-/m1/s1. The summed E-state index contributed by atoms with van der Waals surface area (Å²) in [6, 6.07) is 4.53. The second-order valence-electron chi connectivity index (χ2n) is 5.82. The number of ether oxygens (including phenoxy) is 3. The molecule has 1 aromatic rings. The zero-order valence-corrected chi connectivity index (χ0v) is 13.6. The van der Waals surface area contributed by atoms with Crippen molar-refractivity contribution in [3.8, 4) is 5.75 Å². The number of rotatable bonds is 6. The lowest BCUT2D eigenvalue weighted by atomic mass is 10.0. The van der Waals surface area contributed by atoms with Crippen LogP contribution in [0.3, 0.4) is 0 Å². The lowest BCUT2D eigenvalue weighted by Crippen LogP contribution is -2.33. The van der Waals surface area contributed by atoms with Gasteiger partial charge in [0.2, 0.25) is 0 Å². The Kier molecular flexibility index (Phi) is 6.17. The second-order valence-corrected chi connectivity index (χ2v) is 5.82. The van der Waals surface area contributed by atoms with Crippen molar-refractivity contribution < 1.29 is 45.3 Å². The number of alkyl halides is 6. The van der Waals surface area contributed by atoms with Crippen molar-refractivity contribution in [1.29, 1.82) is 0 Å². The van der Waals surface area contributed by atoms with Gasteiger partial charge in [0, 0.05) is 12.8 Å². The van der Waals surface area contributed by atoms with Crippen LogP contribution in [0.1, 0.15) is 30.4 Å². The van der Waals surface area contributed by atoms with E-state index in [2.05, 4.69) is 9.47 Å². The molecule has 0 fully saturated rings. The largest absolute Gasteiger partial charge is 0.427 e. The average Bonchev–Trinajstić information content (AvgIpc) is 2.88. The van der Waals surface area contributed by atoms with Gasteiger partial charge < -0.3 is 14.2 Å².